The fourth-order valence-corrected chi connectivity index (χ4v) is 6.08. The topological polar surface area (TPSA) is 64.7 Å². The van der Waals surface area contributed by atoms with Gasteiger partial charge in [0, 0.05) is 45.9 Å². The SMILES string of the molecule is c1ccc(-c2nc3ccc(-c4cc(-c5cnc6c(ccc7cccnc76)c5)cc(-c5ccc6cccnc6c5)c4)cc3o2)cc1. The van der Waals surface area contributed by atoms with E-state index in [2.05, 4.69) is 88.8 Å². The van der Waals surface area contributed by atoms with Crippen LogP contribution >= 0.6 is 0 Å². The van der Waals surface area contributed by atoms with Crippen LogP contribution in [-0.2, 0) is 0 Å². The molecule has 9 aromatic rings. The zero-order valence-corrected chi connectivity index (χ0v) is 24.1. The summed E-state index contributed by atoms with van der Waals surface area (Å²) < 4.78 is 6.24. The van der Waals surface area contributed by atoms with E-state index in [1.54, 1.807) is 0 Å². The summed E-state index contributed by atoms with van der Waals surface area (Å²) in [5.74, 6) is 0.616. The molecule has 0 aliphatic heterocycles. The van der Waals surface area contributed by atoms with Crippen molar-refractivity contribution in [3.63, 3.8) is 0 Å². The highest BCUT2D eigenvalue weighted by molar-refractivity contribution is 6.03. The first-order valence-corrected chi connectivity index (χ1v) is 14.9. The van der Waals surface area contributed by atoms with Crippen molar-refractivity contribution in [3.05, 3.63) is 146 Å². The van der Waals surface area contributed by atoms with Crippen LogP contribution < -0.4 is 0 Å². The molecule has 0 fully saturated rings. The van der Waals surface area contributed by atoms with Gasteiger partial charge >= 0.3 is 0 Å². The number of rotatable bonds is 4. The Morgan fingerprint density at radius 1 is 0.400 bits per heavy atom. The Balaban J connectivity index is 1.21. The molecule has 0 amide bonds. The molecule has 5 aromatic carbocycles. The lowest BCUT2D eigenvalue weighted by molar-refractivity contribution is 0.620. The quantitative estimate of drug-likeness (QED) is 0.195. The van der Waals surface area contributed by atoms with E-state index in [4.69, 9.17) is 14.4 Å². The van der Waals surface area contributed by atoms with Gasteiger partial charge in [0.2, 0.25) is 5.89 Å². The molecule has 0 bridgehead atoms. The molecule has 0 aliphatic carbocycles. The van der Waals surface area contributed by atoms with Crippen LogP contribution in [-0.4, -0.2) is 19.9 Å². The van der Waals surface area contributed by atoms with Gasteiger partial charge in [0.25, 0.3) is 0 Å². The monoisotopic (exact) mass is 576 g/mol. The minimum atomic E-state index is 0.616. The van der Waals surface area contributed by atoms with E-state index in [-0.39, 0.29) is 0 Å². The summed E-state index contributed by atoms with van der Waals surface area (Å²) in [4.78, 5) is 18.9. The molecule has 0 atom stereocenters. The molecule has 4 heterocycles. The van der Waals surface area contributed by atoms with E-state index in [1.165, 1.54) is 0 Å². The normalized spacial score (nSPS) is 11.6. The molecular formula is C40H24N4O. The number of hydrogen-bond donors (Lipinski definition) is 0. The van der Waals surface area contributed by atoms with Crippen LogP contribution in [0.4, 0.5) is 0 Å². The average molecular weight is 577 g/mol. The molecule has 5 nitrogen and oxygen atoms in total. The fraction of sp³-hybridized carbons (Fsp3) is 0. The van der Waals surface area contributed by atoms with Crippen molar-refractivity contribution in [3.8, 4) is 44.8 Å². The lowest BCUT2D eigenvalue weighted by atomic mass is 9.93. The highest BCUT2D eigenvalue weighted by Crippen LogP contribution is 2.36. The van der Waals surface area contributed by atoms with E-state index in [9.17, 15) is 0 Å². The molecule has 0 saturated carbocycles. The van der Waals surface area contributed by atoms with Gasteiger partial charge in [-0.25, -0.2) is 4.98 Å². The maximum atomic E-state index is 6.24. The van der Waals surface area contributed by atoms with Gasteiger partial charge in [-0.05, 0) is 94.5 Å². The lowest BCUT2D eigenvalue weighted by Gasteiger charge is -2.12. The summed E-state index contributed by atoms with van der Waals surface area (Å²) >= 11 is 0. The maximum Gasteiger partial charge on any atom is 0.227 e. The summed E-state index contributed by atoms with van der Waals surface area (Å²) in [6.07, 6.45) is 5.61. The number of nitrogens with zero attached hydrogens (tertiary/aromatic N) is 4. The fourth-order valence-electron chi connectivity index (χ4n) is 6.08. The van der Waals surface area contributed by atoms with E-state index in [0.717, 1.165) is 82.8 Å². The second-order valence-electron chi connectivity index (χ2n) is 11.2. The van der Waals surface area contributed by atoms with Crippen molar-refractivity contribution in [1.29, 1.82) is 0 Å². The molecule has 0 aliphatic rings. The smallest absolute Gasteiger partial charge is 0.227 e. The van der Waals surface area contributed by atoms with Crippen molar-refractivity contribution in [1.82, 2.24) is 19.9 Å². The molecule has 5 heteroatoms. The van der Waals surface area contributed by atoms with Crippen LogP contribution in [0.5, 0.6) is 0 Å². The first-order valence-electron chi connectivity index (χ1n) is 14.9. The van der Waals surface area contributed by atoms with Gasteiger partial charge in [-0.2, -0.15) is 0 Å². The Morgan fingerprint density at radius 3 is 1.96 bits per heavy atom. The molecule has 0 unspecified atom stereocenters. The van der Waals surface area contributed by atoms with Gasteiger partial charge in [-0.15, -0.1) is 0 Å². The van der Waals surface area contributed by atoms with E-state index < -0.39 is 0 Å². The molecular weight excluding hydrogens is 552 g/mol. The Hall–Kier alpha value is -6.20. The number of oxazole rings is 1. The molecule has 45 heavy (non-hydrogen) atoms. The Kier molecular flexibility index (Phi) is 5.74. The van der Waals surface area contributed by atoms with Crippen LogP contribution in [0, 0.1) is 0 Å². The van der Waals surface area contributed by atoms with Gasteiger partial charge in [0.1, 0.15) is 5.52 Å². The highest BCUT2D eigenvalue weighted by atomic mass is 16.3. The Bertz CT molecular complexity index is 2550. The summed E-state index contributed by atoms with van der Waals surface area (Å²) in [7, 11) is 0. The van der Waals surface area contributed by atoms with Gasteiger partial charge < -0.3 is 4.42 Å². The second kappa shape index (κ2) is 10.2. The van der Waals surface area contributed by atoms with Crippen LogP contribution in [0.25, 0.3) is 88.6 Å². The average Bonchev–Trinajstić information content (AvgIpc) is 3.55. The van der Waals surface area contributed by atoms with Gasteiger partial charge in [-0.3, -0.25) is 15.0 Å². The molecule has 0 spiro atoms. The van der Waals surface area contributed by atoms with E-state index >= 15 is 0 Å². The summed E-state index contributed by atoms with van der Waals surface area (Å²) in [6, 6.07) is 43.9. The highest BCUT2D eigenvalue weighted by Gasteiger charge is 2.13. The molecule has 4 aromatic heterocycles. The van der Waals surface area contributed by atoms with Crippen LogP contribution in [0.15, 0.2) is 150 Å². The van der Waals surface area contributed by atoms with E-state index in [1.807, 2.05) is 67.1 Å². The zero-order valence-electron chi connectivity index (χ0n) is 24.1. The summed E-state index contributed by atoms with van der Waals surface area (Å²) in [5, 5.41) is 3.25. The predicted molar refractivity (Wildman–Crippen MR) is 182 cm³/mol. The number of benzene rings is 5. The Morgan fingerprint density at radius 2 is 1.09 bits per heavy atom. The predicted octanol–water partition coefficient (Wildman–Crippen LogP) is 10.1. The summed E-state index contributed by atoms with van der Waals surface area (Å²) in [5.41, 5.74) is 11.7. The maximum absolute atomic E-state index is 6.24. The summed E-state index contributed by atoms with van der Waals surface area (Å²) in [6.45, 7) is 0. The molecule has 0 N–H and O–H groups in total. The van der Waals surface area contributed by atoms with Gasteiger partial charge in [0.15, 0.2) is 5.58 Å². The molecule has 0 saturated heterocycles. The van der Waals surface area contributed by atoms with Gasteiger partial charge in [-0.1, -0.05) is 60.7 Å². The van der Waals surface area contributed by atoms with Crippen LogP contribution in [0.1, 0.15) is 0 Å². The molecule has 0 radical (unpaired) electrons. The second-order valence-corrected chi connectivity index (χ2v) is 11.2. The first kappa shape index (κ1) is 25.3. The molecule has 210 valence electrons. The van der Waals surface area contributed by atoms with Crippen molar-refractivity contribution in [2.75, 3.05) is 0 Å². The van der Waals surface area contributed by atoms with E-state index in [0.29, 0.717) is 5.89 Å². The minimum Gasteiger partial charge on any atom is -0.436 e. The molecule has 9 rings (SSSR count). The third-order valence-corrected chi connectivity index (χ3v) is 8.37. The number of aromatic nitrogens is 4. The third-order valence-electron chi connectivity index (χ3n) is 8.37. The lowest BCUT2D eigenvalue weighted by Crippen LogP contribution is -1.89. The van der Waals surface area contributed by atoms with Crippen LogP contribution in [0.3, 0.4) is 0 Å². The van der Waals surface area contributed by atoms with Crippen molar-refractivity contribution in [2.24, 2.45) is 0 Å². The number of pyridine rings is 3. The van der Waals surface area contributed by atoms with Crippen molar-refractivity contribution in [2.45, 2.75) is 0 Å². The van der Waals surface area contributed by atoms with Crippen LogP contribution in [0.2, 0.25) is 0 Å². The van der Waals surface area contributed by atoms with Crippen molar-refractivity contribution >= 4 is 43.8 Å². The first-order chi connectivity index (χ1) is 22.2. The third kappa shape index (κ3) is 4.50. The Labute approximate surface area is 258 Å². The largest absolute Gasteiger partial charge is 0.436 e. The van der Waals surface area contributed by atoms with Crippen molar-refractivity contribution < 1.29 is 4.42 Å². The van der Waals surface area contributed by atoms with Gasteiger partial charge in [0.05, 0.1) is 16.6 Å². The standard InChI is InChI=1S/C40H24N4O/c1-2-6-27(7-3-1)40-44-35-15-14-29(23-37(35)45-40)32-19-31(28-12-10-25-8-4-16-41-36(25)22-28)20-33(21-32)34-18-30-13-11-26-9-5-17-42-38(26)39(30)43-24-34/h1-24H. The zero-order chi connectivity index (χ0) is 29.7. The minimum absolute atomic E-state index is 0.616. The number of hydrogen-bond acceptors (Lipinski definition) is 5. The number of fused-ring (bicyclic) bond motifs is 5.